The molecule has 1 aromatic rings. The van der Waals surface area contributed by atoms with Gasteiger partial charge in [-0.05, 0) is 41.7 Å². The lowest BCUT2D eigenvalue weighted by atomic mass is 9.87. The summed E-state index contributed by atoms with van der Waals surface area (Å²) in [6.45, 7) is 6.75. The Labute approximate surface area is 115 Å². The van der Waals surface area contributed by atoms with Crippen molar-refractivity contribution in [1.29, 1.82) is 0 Å². The molecule has 0 spiro atoms. The Hall–Kier alpha value is -0.140. The SMILES string of the molecule is CC(C)(C)c1ccc(SCCCCCCl)cc1. The molecule has 96 valence electrons. The largest absolute Gasteiger partial charge is 0.127 e. The van der Waals surface area contributed by atoms with Gasteiger partial charge in [0.1, 0.15) is 0 Å². The minimum Gasteiger partial charge on any atom is -0.127 e. The maximum atomic E-state index is 5.65. The summed E-state index contributed by atoms with van der Waals surface area (Å²) in [7, 11) is 0. The molecule has 0 saturated carbocycles. The molecule has 0 aliphatic heterocycles. The van der Waals surface area contributed by atoms with E-state index in [4.69, 9.17) is 11.6 Å². The van der Waals surface area contributed by atoms with Gasteiger partial charge in [-0.15, -0.1) is 23.4 Å². The second-order valence-electron chi connectivity index (χ2n) is 5.37. The fourth-order valence-corrected chi connectivity index (χ4v) is 2.72. The number of hydrogen-bond acceptors (Lipinski definition) is 1. The van der Waals surface area contributed by atoms with Crippen molar-refractivity contribution in [3.8, 4) is 0 Å². The van der Waals surface area contributed by atoms with Crippen molar-refractivity contribution in [1.82, 2.24) is 0 Å². The van der Waals surface area contributed by atoms with Crippen LogP contribution in [0.2, 0.25) is 0 Å². The maximum Gasteiger partial charge on any atom is 0.0223 e. The summed E-state index contributed by atoms with van der Waals surface area (Å²) in [5.74, 6) is 2.00. The molecule has 17 heavy (non-hydrogen) atoms. The van der Waals surface area contributed by atoms with Gasteiger partial charge in [0.05, 0.1) is 0 Å². The Morgan fingerprint density at radius 3 is 2.18 bits per heavy atom. The Morgan fingerprint density at radius 1 is 1.00 bits per heavy atom. The quantitative estimate of drug-likeness (QED) is 0.374. The van der Waals surface area contributed by atoms with Gasteiger partial charge in [-0.1, -0.05) is 39.3 Å². The Bertz CT molecular complexity index is 311. The van der Waals surface area contributed by atoms with Crippen molar-refractivity contribution in [2.24, 2.45) is 0 Å². The van der Waals surface area contributed by atoms with Gasteiger partial charge in [0.15, 0.2) is 0 Å². The van der Waals surface area contributed by atoms with E-state index in [1.807, 2.05) is 11.8 Å². The van der Waals surface area contributed by atoms with Gasteiger partial charge in [0.2, 0.25) is 0 Å². The normalized spacial score (nSPS) is 11.8. The van der Waals surface area contributed by atoms with Crippen molar-refractivity contribution in [3.63, 3.8) is 0 Å². The highest BCUT2D eigenvalue weighted by atomic mass is 35.5. The summed E-state index contributed by atoms with van der Waals surface area (Å²) < 4.78 is 0. The zero-order chi connectivity index (χ0) is 12.7. The second-order valence-corrected chi connectivity index (χ2v) is 6.92. The summed E-state index contributed by atoms with van der Waals surface area (Å²) >= 11 is 7.60. The predicted octanol–water partition coefficient (Wildman–Crippen LogP) is 5.49. The number of hydrogen-bond donors (Lipinski definition) is 0. The van der Waals surface area contributed by atoms with Crippen LogP contribution in [0, 0.1) is 0 Å². The summed E-state index contributed by atoms with van der Waals surface area (Å²) in [6, 6.07) is 8.99. The second kappa shape index (κ2) is 7.33. The number of benzene rings is 1. The standard InChI is InChI=1S/C15H23ClS/c1-15(2,3)13-7-9-14(10-8-13)17-12-6-4-5-11-16/h7-10H,4-6,11-12H2,1-3H3. The summed E-state index contributed by atoms with van der Waals surface area (Å²) in [5, 5.41) is 0. The lowest BCUT2D eigenvalue weighted by Gasteiger charge is -2.19. The molecule has 0 N–H and O–H groups in total. The van der Waals surface area contributed by atoms with Crippen LogP contribution in [-0.2, 0) is 5.41 Å². The van der Waals surface area contributed by atoms with Crippen LogP contribution in [0.15, 0.2) is 29.2 Å². The first-order valence-electron chi connectivity index (χ1n) is 6.33. The Kier molecular flexibility index (Phi) is 6.43. The van der Waals surface area contributed by atoms with Crippen LogP contribution < -0.4 is 0 Å². The fourth-order valence-electron chi connectivity index (χ4n) is 1.61. The molecule has 0 unspecified atom stereocenters. The molecule has 1 aromatic carbocycles. The lowest BCUT2D eigenvalue weighted by Crippen LogP contribution is -2.10. The van der Waals surface area contributed by atoms with Gasteiger partial charge in [0.25, 0.3) is 0 Å². The maximum absolute atomic E-state index is 5.65. The van der Waals surface area contributed by atoms with Crippen LogP contribution in [-0.4, -0.2) is 11.6 Å². The molecule has 0 saturated heterocycles. The van der Waals surface area contributed by atoms with Crippen molar-refractivity contribution in [2.45, 2.75) is 50.3 Å². The van der Waals surface area contributed by atoms with Gasteiger partial charge in [0, 0.05) is 10.8 Å². The van der Waals surface area contributed by atoms with Crippen LogP contribution >= 0.6 is 23.4 Å². The van der Waals surface area contributed by atoms with E-state index in [1.54, 1.807) is 0 Å². The van der Waals surface area contributed by atoms with Crippen molar-refractivity contribution in [3.05, 3.63) is 29.8 Å². The minimum absolute atomic E-state index is 0.254. The molecule has 0 atom stereocenters. The van der Waals surface area contributed by atoms with E-state index >= 15 is 0 Å². The summed E-state index contributed by atoms with van der Waals surface area (Å²) in [4.78, 5) is 1.38. The molecule has 1 rings (SSSR count). The molecule has 0 aliphatic rings. The average molecular weight is 271 g/mol. The van der Waals surface area contributed by atoms with Crippen molar-refractivity contribution >= 4 is 23.4 Å². The van der Waals surface area contributed by atoms with Gasteiger partial charge >= 0.3 is 0 Å². The van der Waals surface area contributed by atoms with E-state index < -0.39 is 0 Å². The van der Waals surface area contributed by atoms with Crippen LogP contribution in [0.25, 0.3) is 0 Å². The third-order valence-electron chi connectivity index (χ3n) is 2.77. The van der Waals surface area contributed by atoms with Crippen molar-refractivity contribution in [2.75, 3.05) is 11.6 Å². The molecule has 0 nitrogen and oxygen atoms in total. The fraction of sp³-hybridized carbons (Fsp3) is 0.600. The third-order valence-corrected chi connectivity index (χ3v) is 4.13. The smallest absolute Gasteiger partial charge is 0.0223 e. The zero-order valence-electron chi connectivity index (χ0n) is 11.1. The highest BCUT2D eigenvalue weighted by molar-refractivity contribution is 7.99. The van der Waals surface area contributed by atoms with E-state index in [9.17, 15) is 0 Å². The molecule has 2 heteroatoms. The van der Waals surface area contributed by atoms with E-state index in [0.717, 1.165) is 12.3 Å². The lowest BCUT2D eigenvalue weighted by molar-refractivity contribution is 0.590. The van der Waals surface area contributed by atoms with Crippen LogP contribution in [0.1, 0.15) is 45.6 Å². The van der Waals surface area contributed by atoms with Gasteiger partial charge in [-0.25, -0.2) is 0 Å². The molecule has 0 amide bonds. The highest BCUT2D eigenvalue weighted by Gasteiger charge is 2.12. The van der Waals surface area contributed by atoms with Crippen LogP contribution in [0.5, 0.6) is 0 Å². The molecule has 0 radical (unpaired) electrons. The number of alkyl halides is 1. The average Bonchev–Trinajstić information content (AvgIpc) is 2.28. The predicted molar refractivity (Wildman–Crippen MR) is 80.4 cm³/mol. The number of thioether (sulfide) groups is 1. The summed E-state index contributed by atoms with van der Waals surface area (Å²) in [5.41, 5.74) is 1.66. The van der Waals surface area contributed by atoms with Gasteiger partial charge in [-0.3, -0.25) is 0 Å². The van der Waals surface area contributed by atoms with E-state index in [1.165, 1.54) is 29.1 Å². The molecule has 0 aromatic heterocycles. The van der Waals surface area contributed by atoms with Gasteiger partial charge in [-0.2, -0.15) is 0 Å². The van der Waals surface area contributed by atoms with E-state index in [2.05, 4.69) is 45.0 Å². The minimum atomic E-state index is 0.254. The van der Waals surface area contributed by atoms with E-state index in [-0.39, 0.29) is 5.41 Å². The molecule has 0 fully saturated rings. The van der Waals surface area contributed by atoms with Crippen LogP contribution in [0.3, 0.4) is 0 Å². The Morgan fingerprint density at radius 2 is 1.65 bits per heavy atom. The highest BCUT2D eigenvalue weighted by Crippen LogP contribution is 2.26. The monoisotopic (exact) mass is 270 g/mol. The van der Waals surface area contributed by atoms with Crippen LogP contribution in [0.4, 0.5) is 0 Å². The molecule has 0 heterocycles. The van der Waals surface area contributed by atoms with Crippen molar-refractivity contribution < 1.29 is 0 Å². The summed E-state index contributed by atoms with van der Waals surface area (Å²) in [6.07, 6.45) is 3.65. The van der Waals surface area contributed by atoms with Gasteiger partial charge < -0.3 is 0 Å². The topological polar surface area (TPSA) is 0 Å². The molecular weight excluding hydrogens is 248 g/mol. The first-order chi connectivity index (χ1) is 8.04. The number of halogens is 1. The molecule has 0 bridgehead atoms. The third kappa shape index (κ3) is 5.83. The van der Waals surface area contributed by atoms with E-state index in [0.29, 0.717) is 0 Å². The molecular formula is C15H23ClS. The zero-order valence-corrected chi connectivity index (χ0v) is 12.7. The number of unbranched alkanes of at least 4 members (excludes halogenated alkanes) is 2. The molecule has 0 aliphatic carbocycles. The first kappa shape index (κ1) is 14.9. The first-order valence-corrected chi connectivity index (χ1v) is 7.85. The number of rotatable bonds is 6. The Balaban J connectivity index is 2.36.